The number of rotatable bonds is 6. The molecular formula is C22H27NO3. The molecule has 1 saturated heterocycles. The van der Waals surface area contributed by atoms with Crippen molar-refractivity contribution in [2.45, 2.75) is 31.5 Å². The van der Waals surface area contributed by atoms with Crippen LogP contribution in [-0.4, -0.2) is 43.7 Å². The number of hydrogen-bond acceptors (Lipinski definition) is 4. The van der Waals surface area contributed by atoms with Crippen LogP contribution in [0.2, 0.25) is 0 Å². The maximum absolute atomic E-state index is 13.4. The molecule has 0 aliphatic carbocycles. The van der Waals surface area contributed by atoms with Gasteiger partial charge in [0, 0.05) is 19.7 Å². The molecule has 0 bridgehead atoms. The summed E-state index contributed by atoms with van der Waals surface area (Å²) in [5.74, 6) is -0.327. The van der Waals surface area contributed by atoms with E-state index in [0.717, 1.165) is 37.1 Å². The Balaban J connectivity index is 1.98. The van der Waals surface area contributed by atoms with Crippen LogP contribution in [0, 0.1) is 0 Å². The van der Waals surface area contributed by atoms with E-state index in [9.17, 15) is 4.79 Å². The predicted molar refractivity (Wildman–Crippen MR) is 102 cm³/mol. The van der Waals surface area contributed by atoms with Gasteiger partial charge in [-0.2, -0.15) is 0 Å². The molecule has 0 atom stereocenters. The van der Waals surface area contributed by atoms with Gasteiger partial charge >= 0.3 is 5.97 Å². The Kier molecular flexibility index (Phi) is 6.07. The zero-order valence-corrected chi connectivity index (χ0v) is 15.6. The monoisotopic (exact) mass is 353 g/mol. The summed E-state index contributed by atoms with van der Waals surface area (Å²) in [6.07, 6.45) is 1.65. The van der Waals surface area contributed by atoms with E-state index in [-0.39, 0.29) is 12.1 Å². The predicted octanol–water partition coefficient (Wildman–Crippen LogP) is 3.60. The highest BCUT2D eigenvalue weighted by atomic mass is 16.6. The van der Waals surface area contributed by atoms with Gasteiger partial charge in [0.05, 0.1) is 0 Å². The minimum Gasteiger partial charge on any atom is -0.460 e. The number of hydrogen-bond donors (Lipinski definition) is 0. The Bertz CT molecular complexity index is 654. The minimum absolute atomic E-state index is 0.0639. The molecule has 2 aromatic carbocycles. The summed E-state index contributed by atoms with van der Waals surface area (Å²) in [5, 5.41) is 0. The lowest BCUT2D eigenvalue weighted by Gasteiger charge is -2.35. The van der Waals surface area contributed by atoms with Gasteiger partial charge in [0.25, 0.3) is 0 Å². The third kappa shape index (κ3) is 3.81. The van der Waals surface area contributed by atoms with Crippen LogP contribution in [0.15, 0.2) is 60.7 Å². The Morgan fingerprint density at radius 3 is 1.96 bits per heavy atom. The van der Waals surface area contributed by atoms with E-state index in [1.807, 2.05) is 67.6 Å². The average Bonchev–Trinajstić information content (AvgIpc) is 2.69. The quantitative estimate of drug-likeness (QED) is 0.744. The molecule has 0 unspecified atom stereocenters. The molecule has 1 aliphatic heterocycles. The standard InChI is InChI=1S/C22H27NO3/c1-3-25-22(18-10-6-4-7-11-18,19-12-8-5-9-13-19)21(24)26-20-14-16-23(2)17-15-20/h4-13,20H,3,14-17H2,1-2H3. The molecule has 0 spiro atoms. The van der Waals surface area contributed by atoms with Crippen LogP contribution in [0.5, 0.6) is 0 Å². The van der Waals surface area contributed by atoms with Crippen molar-refractivity contribution in [1.29, 1.82) is 0 Å². The van der Waals surface area contributed by atoms with E-state index in [1.165, 1.54) is 0 Å². The maximum atomic E-state index is 13.4. The molecule has 0 amide bonds. The van der Waals surface area contributed by atoms with Crippen molar-refractivity contribution < 1.29 is 14.3 Å². The normalized spacial score (nSPS) is 16.4. The van der Waals surface area contributed by atoms with Crippen molar-refractivity contribution in [2.75, 3.05) is 26.7 Å². The number of carbonyl (C=O) groups excluding carboxylic acids is 1. The Labute approximate surface area is 155 Å². The summed E-state index contributed by atoms with van der Waals surface area (Å²) in [4.78, 5) is 15.7. The Morgan fingerprint density at radius 1 is 1.00 bits per heavy atom. The van der Waals surface area contributed by atoms with E-state index in [0.29, 0.717) is 6.61 Å². The van der Waals surface area contributed by atoms with Gasteiger partial charge in [0.15, 0.2) is 0 Å². The Hall–Kier alpha value is -2.17. The van der Waals surface area contributed by atoms with E-state index in [2.05, 4.69) is 11.9 Å². The largest absolute Gasteiger partial charge is 0.460 e. The average molecular weight is 353 g/mol. The fourth-order valence-electron chi connectivity index (χ4n) is 3.53. The molecule has 1 aliphatic rings. The van der Waals surface area contributed by atoms with Crippen molar-refractivity contribution in [3.05, 3.63) is 71.8 Å². The summed E-state index contributed by atoms with van der Waals surface area (Å²) in [6, 6.07) is 19.3. The molecule has 26 heavy (non-hydrogen) atoms. The first-order chi connectivity index (χ1) is 12.7. The highest BCUT2D eigenvalue weighted by Gasteiger charge is 2.45. The van der Waals surface area contributed by atoms with E-state index in [4.69, 9.17) is 9.47 Å². The van der Waals surface area contributed by atoms with E-state index < -0.39 is 5.60 Å². The van der Waals surface area contributed by atoms with Crippen LogP contribution in [0.4, 0.5) is 0 Å². The molecule has 4 heteroatoms. The molecule has 3 rings (SSSR count). The first-order valence-electron chi connectivity index (χ1n) is 9.31. The highest BCUT2D eigenvalue weighted by Crippen LogP contribution is 2.36. The molecule has 0 N–H and O–H groups in total. The van der Waals surface area contributed by atoms with Crippen LogP contribution in [0.3, 0.4) is 0 Å². The van der Waals surface area contributed by atoms with Crippen LogP contribution >= 0.6 is 0 Å². The van der Waals surface area contributed by atoms with Crippen LogP contribution < -0.4 is 0 Å². The second-order valence-corrected chi connectivity index (χ2v) is 6.75. The molecule has 0 saturated carbocycles. The zero-order valence-electron chi connectivity index (χ0n) is 15.6. The van der Waals surface area contributed by atoms with Crippen molar-refractivity contribution in [3.63, 3.8) is 0 Å². The van der Waals surface area contributed by atoms with Gasteiger partial charge in [0.2, 0.25) is 5.60 Å². The highest BCUT2D eigenvalue weighted by molar-refractivity contribution is 5.86. The fourth-order valence-corrected chi connectivity index (χ4v) is 3.53. The minimum atomic E-state index is -1.24. The third-order valence-corrected chi connectivity index (χ3v) is 4.95. The SMILES string of the molecule is CCOC(C(=O)OC1CCN(C)CC1)(c1ccccc1)c1ccccc1. The van der Waals surface area contributed by atoms with Crippen LogP contribution in [0.25, 0.3) is 0 Å². The van der Waals surface area contributed by atoms with Gasteiger partial charge in [0.1, 0.15) is 6.10 Å². The topological polar surface area (TPSA) is 38.8 Å². The summed E-state index contributed by atoms with van der Waals surface area (Å²) >= 11 is 0. The molecule has 1 heterocycles. The maximum Gasteiger partial charge on any atom is 0.348 e. The van der Waals surface area contributed by atoms with E-state index >= 15 is 0 Å². The number of esters is 1. The number of benzene rings is 2. The van der Waals surface area contributed by atoms with E-state index in [1.54, 1.807) is 0 Å². The summed E-state index contributed by atoms with van der Waals surface area (Å²) < 4.78 is 12.1. The summed E-state index contributed by atoms with van der Waals surface area (Å²) in [5.41, 5.74) is 0.359. The van der Waals surface area contributed by atoms with Crippen molar-refractivity contribution in [1.82, 2.24) is 4.90 Å². The lowest BCUT2D eigenvalue weighted by atomic mass is 9.85. The summed E-state index contributed by atoms with van der Waals surface area (Å²) in [6.45, 7) is 4.20. The molecular weight excluding hydrogens is 326 g/mol. The van der Waals surface area contributed by atoms with Gasteiger partial charge < -0.3 is 14.4 Å². The molecule has 1 fully saturated rings. The molecule has 4 nitrogen and oxygen atoms in total. The number of ether oxygens (including phenoxy) is 2. The second kappa shape index (κ2) is 8.47. The number of nitrogens with zero attached hydrogens (tertiary/aromatic N) is 1. The molecule has 138 valence electrons. The fraction of sp³-hybridized carbons (Fsp3) is 0.409. The molecule has 0 aromatic heterocycles. The van der Waals surface area contributed by atoms with Crippen molar-refractivity contribution in [2.24, 2.45) is 0 Å². The third-order valence-electron chi connectivity index (χ3n) is 4.95. The molecule has 0 radical (unpaired) electrons. The smallest absolute Gasteiger partial charge is 0.348 e. The molecule has 2 aromatic rings. The van der Waals surface area contributed by atoms with Crippen LogP contribution in [0.1, 0.15) is 30.9 Å². The number of piperidine rings is 1. The second-order valence-electron chi connectivity index (χ2n) is 6.75. The van der Waals surface area contributed by atoms with Gasteiger partial charge in [-0.15, -0.1) is 0 Å². The van der Waals surface area contributed by atoms with Gasteiger partial charge in [-0.3, -0.25) is 0 Å². The van der Waals surface area contributed by atoms with Gasteiger partial charge in [-0.05, 0) is 37.9 Å². The lowest BCUT2D eigenvalue weighted by molar-refractivity contribution is -0.175. The van der Waals surface area contributed by atoms with Gasteiger partial charge in [-0.1, -0.05) is 60.7 Å². The van der Waals surface area contributed by atoms with Crippen LogP contribution in [-0.2, 0) is 19.9 Å². The first-order valence-corrected chi connectivity index (χ1v) is 9.31. The Morgan fingerprint density at radius 2 is 1.50 bits per heavy atom. The zero-order chi connectivity index (χ0) is 18.4. The van der Waals surface area contributed by atoms with Crippen molar-refractivity contribution >= 4 is 5.97 Å². The number of likely N-dealkylation sites (tertiary alicyclic amines) is 1. The van der Waals surface area contributed by atoms with Crippen molar-refractivity contribution in [3.8, 4) is 0 Å². The van der Waals surface area contributed by atoms with Gasteiger partial charge in [-0.25, -0.2) is 4.79 Å². The summed E-state index contributed by atoms with van der Waals surface area (Å²) in [7, 11) is 2.09. The lowest BCUT2D eigenvalue weighted by Crippen LogP contribution is -2.45. The first kappa shape index (κ1) is 18.6. The number of carbonyl (C=O) groups is 1.